The number of anilines is 1. The molecule has 0 aliphatic carbocycles. The summed E-state index contributed by atoms with van der Waals surface area (Å²) in [6, 6.07) is 15.0. The van der Waals surface area contributed by atoms with Crippen LogP contribution in [0.3, 0.4) is 0 Å². The number of sulfonamides is 1. The van der Waals surface area contributed by atoms with Crippen LogP contribution in [-0.2, 0) is 10.0 Å². The predicted octanol–water partition coefficient (Wildman–Crippen LogP) is 2.60. The van der Waals surface area contributed by atoms with Crippen molar-refractivity contribution in [3.8, 4) is 11.4 Å². The van der Waals surface area contributed by atoms with Crippen LogP contribution in [0.5, 0.6) is 0 Å². The number of rotatable bonds is 3. The Bertz CT molecular complexity index is 855. The van der Waals surface area contributed by atoms with Gasteiger partial charge in [-0.15, -0.1) is 0 Å². The van der Waals surface area contributed by atoms with Gasteiger partial charge in [0.05, 0.1) is 23.0 Å². The zero-order chi connectivity index (χ0) is 14.2. The van der Waals surface area contributed by atoms with Crippen molar-refractivity contribution in [1.82, 2.24) is 9.97 Å². The number of aromatic nitrogens is 2. The van der Waals surface area contributed by atoms with Gasteiger partial charge in [0.25, 0.3) is 0 Å². The van der Waals surface area contributed by atoms with Gasteiger partial charge in [0.2, 0.25) is 10.0 Å². The molecule has 3 aromatic rings. The van der Waals surface area contributed by atoms with Crippen LogP contribution in [-0.4, -0.2) is 24.6 Å². The van der Waals surface area contributed by atoms with Gasteiger partial charge < -0.3 is 4.98 Å². The molecule has 3 rings (SSSR count). The zero-order valence-corrected chi connectivity index (χ0v) is 11.6. The summed E-state index contributed by atoms with van der Waals surface area (Å²) in [4.78, 5) is 7.68. The van der Waals surface area contributed by atoms with Gasteiger partial charge >= 0.3 is 0 Å². The fraction of sp³-hybridized carbons (Fsp3) is 0.0714. The number of hydrogen-bond acceptors (Lipinski definition) is 3. The molecular formula is C14H13N3O2S. The van der Waals surface area contributed by atoms with E-state index >= 15 is 0 Å². The maximum absolute atomic E-state index is 11.2. The Morgan fingerprint density at radius 3 is 2.55 bits per heavy atom. The lowest BCUT2D eigenvalue weighted by Gasteiger charge is -2.02. The molecule has 0 aliphatic heterocycles. The summed E-state index contributed by atoms with van der Waals surface area (Å²) in [6.45, 7) is 0. The fourth-order valence-corrected chi connectivity index (χ4v) is 2.58. The quantitative estimate of drug-likeness (QED) is 0.777. The standard InChI is InChI=1S/C14H13N3O2S/c1-20(18,19)17-11-7-8-12-13(9-11)16-14(15-12)10-5-3-2-4-6-10/h2-9,17H,1H3,(H,15,16). The van der Waals surface area contributed by atoms with Crippen molar-refractivity contribution in [3.63, 3.8) is 0 Å². The molecule has 1 aromatic heterocycles. The van der Waals surface area contributed by atoms with Gasteiger partial charge in [0.1, 0.15) is 5.82 Å². The summed E-state index contributed by atoms with van der Waals surface area (Å²) in [5, 5.41) is 0. The first kappa shape index (κ1) is 12.7. The molecule has 0 radical (unpaired) electrons. The summed E-state index contributed by atoms with van der Waals surface area (Å²) in [5.41, 5.74) is 3.09. The summed E-state index contributed by atoms with van der Waals surface area (Å²) < 4.78 is 24.9. The summed E-state index contributed by atoms with van der Waals surface area (Å²) in [7, 11) is -3.28. The topological polar surface area (TPSA) is 74.8 Å². The maximum Gasteiger partial charge on any atom is 0.229 e. The van der Waals surface area contributed by atoms with Gasteiger partial charge in [-0.1, -0.05) is 30.3 Å². The number of fused-ring (bicyclic) bond motifs is 1. The second-order valence-corrected chi connectivity index (χ2v) is 6.31. The van der Waals surface area contributed by atoms with E-state index < -0.39 is 10.0 Å². The van der Waals surface area contributed by atoms with Crippen LogP contribution in [0.15, 0.2) is 48.5 Å². The van der Waals surface area contributed by atoms with E-state index in [1.807, 2.05) is 30.3 Å². The van der Waals surface area contributed by atoms with Gasteiger partial charge in [-0.2, -0.15) is 0 Å². The average molecular weight is 287 g/mol. The van der Waals surface area contributed by atoms with Crippen molar-refractivity contribution < 1.29 is 8.42 Å². The van der Waals surface area contributed by atoms with Gasteiger partial charge in [0, 0.05) is 5.56 Å². The molecular weight excluding hydrogens is 274 g/mol. The van der Waals surface area contributed by atoms with Crippen LogP contribution in [0, 0.1) is 0 Å². The smallest absolute Gasteiger partial charge is 0.229 e. The Balaban J connectivity index is 2.04. The van der Waals surface area contributed by atoms with Crippen molar-refractivity contribution in [1.29, 1.82) is 0 Å². The van der Waals surface area contributed by atoms with E-state index in [0.29, 0.717) is 5.69 Å². The molecule has 0 spiro atoms. The zero-order valence-electron chi connectivity index (χ0n) is 10.8. The van der Waals surface area contributed by atoms with E-state index in [4.69, 9.17) is 0 Å². The predicted molar refractivity (Wildman–Crippen MR) is 80.0 cm³/mol. The molecule has 0 unspecified atom stereocenters. The number of benzene rings is 2. The third kappa shape index (κ3) is 2.65. The lowest BCUT2D eigenvalue weighted by atomic mass is 10.2. The lowest BCUT2D eigenvalue weighted by molar-refractivity contribution is 0.607. The van der Waals surface area contributed by atoms with E-state index in [1.54, 1.807) is 18.2 Å². The average Bonchev–Trinajstić information content (AvgIpc) is 2.81. The molecule has 20 heavy (non-hydrogen) atoms. The SMILES string of the molecule is CS(=O)(=O)Nc1ccc2nc(-c3ccccc3)[nH]c2c1. The van der Waals surface area contributed by atoms with Crippen molar-refractivity contribution in [2.75, 3.05) is 11.0 Å². The van der Waals surface area contributed by atoms with Crippen LogP contribution in [0.25, 0.3) is 22.4 Å². The van der Waals surface area contributed by atoms with Crippen LogP contribution < -0.4 is 4.72 Å². The molecule has 0 saturated carbocycles. The molecule has 2 N–H and O–H groups in total. The lowest BCUT2D eigenvalue weighted by Crippen LogP contribution is -2.09. The Morgan fingerprint density at radius 1 is 1.10 bits per heavy atom. The van der Waals surface area contributed by atoms with Crippen LogP contribution in [0.2, 0.25) is 0 Å². The Hall–Kier alpha value is -2.34. The highest BCUT2D eigenvalue weighted by Crippen LogP contribution is 2.22. The molecule has 102 valence electrons. The molecule has 0 bridgehead atoms. The first-order valence-electron chi connectivity index (χ1n) is 6.04. The summed E-state index contributed by atoms with van der Waals surface area (Å²) in [5.74, 6) is 0.761. The normalized spacial score (nSPS) is 11.7. The molecule has 0 saturated heterocycles. The largest absolute Gasteiger partial charge is 0.338 e. The van der Waals surface area contributed by atoms with Gasteiger partial charge in [-0.25, -0.2) is 13.4 Å². The number of nitrogens with zero attached hydrogens (tertiary/aromatic N) is 1. The third-order valence-corrected chi connectivity index (χ3v) is 3.44. The van der Waals surface area contributed by atoms with E-state index in [9.17, 15) is 8.42 Å². The Labute approximate surface area is 116 Å². The first-order valence-corrected chi connectivity index (χ1v) is 7.93. The monoisotopic (exact) mass is 287 g/mol. The van der Waals surface area contributed by atoms with E-state index in [2.05, 4.69) is 14.7 Å². The first-order chi connectivity index (χ1) is 9.51. The van der Waals surface area contributed by atoms with Gasteiger partial charge in [-0.3, -0.25) is 4.72 Å². The van der Waals surface area contributed by atoms with Crippen LogP contribution >= 0.6 is 0 Å². The molecule has 0 amide bonds. The Kier molecular flexibility index (Phi) is 2.94. The number of nitrogens with one attached hydrogen (secondary N) is 2. The van der Waals surface area contributed by atoms with Crippen molar-refractivity contribution in [2.45, 2.75) is 0 Å². The minimum absolute atomic E-state index is 0.517. The Morgan fingerprint density at radius 2 is 1.85 bits per heavy atom. The van der Waals surface area contributed by atoms with Crippen molar-refractivity contribution >= 4 is 26.7 Å². The van der Waals surface area contributed by atoms with E-state index in [-0.39, 0.29) is 0 Å². The van der Waals surface area contributed by atoms with Gasteiger partial charge in [-0.05, 0) is 18.2 Å². The van der Waals surface area contributed by atoms with Crippen LogP contribution in [0.4, 0.5) is 5.69 Å². The minimum atomic E-state index is -3.28. The highest BCUT2D eigenvalue weighted by Gasteiger charge is 2.07. The van der Waals surface area contributed by atoms with E-state index in [0.717, 1.165) is 28.7 Å². The second kappa shape index (κ2) is 4.64. The number of aromatic amines is 1. The van der Waals surface area contributed by atoms with Gasteiger partial charge in [0.15, 0.2) is 0 Å². The number of hydrogen-bond donors (Lipinski definition) is 2. The highest BCUT2D eigenvalue weighted by atomic mass is 32.2. The molecule has 5 nitrogen and oxygen atoms in total. The van der Waals surface area contributed by atoms with Crippen molar-refractivity contribution in [2.24, 2.45) is 0 Å². The minimum Gasteiger partial charge on any atom is -0.338 e. The van der Waals surface area contributed by atoms with E-state index in [1.165, 1.54) is 0 Å². The summed E-state index contributed by atoms with van der Waals surface area (Å²) >= 11 is 0. The fourth-order valence-electron chi connectivity index (χ4n) is 2.02. The second-order valence-electron chi connectivity index (χ2n) is 4.56. The molecule has 0 atom stereocenters. The molecule has 6 heteroatoms. The van der Waals surface area contributed by atoms with Crippen molar-refractivity contribution in [3.05, 3.63) is 48.5 Å². The molecule has 2 aromatic carbocycles. The summed E-state index contributed by atoms with van der Waals surface area (Å²) in [6.07, 6.45) is 1.12. The molecule has 0 aliphatic rings. The van der Waals surface area contributed by atoms with Crippen LogP contribution in [0.1, 0.15) is 0 Å². The third-order valence-electron chi connectivity index (χ3n) is 2.83. The molecule has 0 fully saturated rings. The number of H-pyrrole nitrogens is 1. The highest BCUT2D eigenvalue weighted by molar-refractivity contribution is 7.92. The maximum atomic E-state index is 11.2. The number of imidazole rings is 1. The molecule has 1 heterocycles.